The lowest BCUT2D eigenvalue weighted by Crippen LogP contribution is -2.11. The topological polar surface area (TPSA) is 41.1 Å². The van der Waals surface area contributed by atoms with Gasteiger partial charge in [0, 0.05) is 23.5 Å². The molecule has 0 heterocycles. The molecule has 3 aromatic carbocycles. The Balaban J connectivity index is 1.62. The monoisotopic (exact) mass is 400 g/mol. The Morgan fingerprint density at radius 1 is 0.767 bits per heavy atom. The van der Waals surface area contributed by atoms with E-state index in [9.17, 15) is 4.79 Å². The zero-order valence-electron chi connectivity index (χ0n) is 18.5. The van der Waals surface area contributed by atoms with Gasteiger partial charge in [-0.1, -0.05) is 70.5 Å². The second-order valence-corrected chi connectivity index (χ2v) is 8.72. The van der Waals surface area contributed by atoms with Gasteiger partial charge in [-0.2, -0.15) is 0 Å². The first-order chi connectivity index (χ1) is 14.4. The molecule has 1 amide bonds. The van der Waals surface area contributed by atoms with Gasteiger partial charge >= 0.3 is 0 Å². The standard InChI is InChI=1S/C27H32N2O/c1-5-6-19-28-24-15-17-25(18-16-24)29-26(30)22-9-7-20(8-10-22)21-11-13-23(14-12-21)27(2,3)4/h7-18,28H,5-6,19H2,1-4H3,(H,29,30). The zero-order valence-corrected chi connectivity index (χ0v) is 18.5. The molecule has 2 N–H and O–H groups in total. The van der Waals surface area contributed by atoms with E-state index >= 15 is 0 Å². The van der Waals surface area contributed by atoms with E-state index in [2.05, 4.69) is 62.6 Å². The van der Waals surface area contributed by atoms with Crippen molar-refractivity contribution in [2.75, 3.05) is 17.2 Å². The van der Waals surface area contributed by atoms with Crippen molar-refractivity contribution in [3.05, 3.63) is 83.9 Å². The molecule has 0 atom stereocenters. The maximum atomic E-state index is 12.6. The predicted octanol–water partition coefficient (Wildman–Crippen LogP) is 7.12. The molecule has 3 nitrogen and oxygen atoms in total. The van der Waals surface area contributed by atoms with Gasteiger partial charge in [0.25, 0.3) is 5.91 Å². The van der Waals surface area contributed by atoms with Crippen LogP contribution in [-0.2, 0) is 5.41 Å². The second kappa shape index (κ2) is 9.62. The van der Waals surface area contributed by atoms with E-state index in [1.165, 1.54) is 12.0 Å². The van der Waals surface area contributed by atoms with E-state index in [-0.39, 0.29) is 11.3 Å². The maximum absolute atomic E-state index is 12.6. The van der Waals surface area contributed by atoms with Gasteiger partial charge in [0.05, 0.1) is 0 Å². The molecule has 3 rings (SSSR count). The molecule has 0 bridgehead atoms. The molecule has 0 aliphatic heterocycles. The highest BCUT2D eigenvalue weighted by Crippen LogP contribution is 2.26. The van der Waals surface area contributed by atoms with Gasteiger partial charge in [-0.05, 0) is 64.9 Å². The summed E-state index contributed by atoms with van der Waals surface area (Å²) >= 11 is 0. The third-order valence-electron chi connectivity index (χ3n) is 5.23. The first-order valence-electron chi connectivity index (χ1n) is 10.7. The number of benzene rings is 3. The SMILES string of the molecule is CCCCNc1ccc(NC(=O)c2ccc(-c3ccc(C(C)(C)C)cc3)cc2)cc1. The summed E-state index contributed by atoms with van der Waals surface area (Å²) in [6.45, 7) is 9.78. The minimum atomic E-state index is -0.101. The van der Waals surface area contributed by atoms with Crippen molar-refractivity contribution in [2.24, 2.45) is 0 Å². The fourth-order valence-electron chi connectivity index (χ4n) is 3.26. The van der Waals surface area contributed by atoms with Crippen molar-refractivity contribution in [2.45, 2.75) is 46.0 Å². The van der Waals surface area contributed by atoms with Crippen molar-refractivity contribution in [1.82, 2.24) is 0 Å². The molecule has 0 saturated carbocycles. The minimum Gasteiger partial charge on any atom is -0.385 e. The lowest BCUT2D eigenvalue weighted by atomic mass is 9.86. The minimum absolute atomic E-state index is 0.101. The predicted molar refractivity (Wildman–Crippen MR) is 128 cm³/mol. The van der Waals surface area contributed by atoms with Crippen LogP contribution < -0.4 is 10.6 Å². The molecular formula is C27H32N2O. The molecule has 0 saturated heterocycles. The molecule has 0 aromatic heterocycles. The number of anilines is 2. The van der Waals surface area contributed by atoms with Crippen molar-refractivity contribution in [1.29, 1.82) is 0 Å². The van der Waals surface area contributed by atoms with Crippen molar-refractivity contribution in [3.8, 4) is 11.1 Å². The molecule has 3 heteroatoms. The molecule has 0 aliphatic carbocycles. The molecular weight excluding hydrogens is 368 g/mol. The van der Waals surface area contributed by atoms with Crippen LogP contribution in [0.1, 0.15) is 56.5 Å². The molecule has 30 heavy (non-hydrogen) atoms. The lowest BCUT2D eigenvalue weighted by molar-refractivity contribution is 0.102. The third-order valence-corrected chi connectivity index (χ3v) is 5.23. The first-order valence-corrected chi connectivity index (χ1v) is 10.7. The first kappa shape index (κ1) is 21.6. The van der Waals surface area contributed by atoms with Gasteiger partial charge in [-0.25, -0.2) is 0 Å². The number of hydrogen-bond acceptors (Lipinski definition) is 2. The van der Waals surface area contributed by atoms with Crippen LogP contribution in [0.15, 0.2) is 72.8 Å². The van der Waals surface area contributed by atoms with E-state index in [4.69, 9.17) is 0 Å². The van der Waals surface area contributed by atoms with E-state index in [1.807, 2.05) is 48.5 Å². The highest BCUT2D eigenvalue weighted by Gasteiger charge is 2.13. The summed E-state index contributed by atoms with van der Waals surface area (Å²) in [6.07, 6.45) is 2.32. The van der Waals surface area contributed by atoms with Crippen molar-refractivity contribution < 1.29 is 4.79 Å². The van der Waals surface area contributed by atoms with Crippen molar-refractivity contribution >= 4 is 17.3 Å². The number of nitrogens with one attached hydrogen (secondary N) is 2. The largest absolute Gasteiger partial charge is 0.385 e. The summed E-state index contributed by atoms with van der Waals surface area (Å²) in [5.41, 5.74) is 6.23. The fourth-order valence-corrected chi connectivity index (χ4v) is 3.26. The molecule has 0 radical (unpaired) electrons. The zero-order chi connectivity index (χ0) is 21.6. The number of amides is 1. The van der Waals surface area contributed by atoms with Crippen LogP contribution in [0.4, 0.5) is 11.4 Å². The van der Waals surface area contributed by atoms with E-state index in [1.54, 1.807) is 0 Å². The number of rotatable bonds is 7. The smallest absolute Gasteiger partial charge is 0.255 e. The Kier molecular flexibility index (Phi) is 6.94. The average molecular weight is 401 g/mol. The van der Waals surface area contributed by atoms with Gasteiger partial charge < -0.3 is 10.6 Å². The van der Waals surface area contributed by atoms with Gasteiger partial charge in [0.1, 0.15) is 0 Å². The fraction of sp³-hybridized carbons (Fsp3) is 0.296. The van der Waals surface area contributed by atoms with Gasteiger partial charge in [-0.15, -0.1) is 0 Å². The number of carbonyl (C=O) groups excluding carboxylic acids is 1. The Bertz CT molecular complexity index is 950. The number of carbonyl (C=O) groups is 1. The number of hydrogen-bond donors (Lipinski definition) is 2. The van der Waals surface area contributed by atoms with Crippen LogP contribution in [0.3, 0.4) is 0 Å². The Labute approximate surface area is 180 Å². The summed E-state index contributed by atoms with van der Waals surface area (Å²) in [6, 6.07) is 24.3. The summed E-state index contributed by atoms with van der Waals surface area (Å²) in [5.74, 6) is -0.101. The normalized spacial score (nSPS) is 11.2. The molecule has 3 aromatic rings. The van der Waals surface area contributed by atoms with Gasteiger partial charge in [0.2, 0.25) is 0 Å². The Morgan fingerprint density at radius 2 is 1.30 bits per heavy atom. The van der Waals surface area contributed by atoms with Crippen LogP contribution >= 0.6 is 0 Å². The number of unbranched alkanes of at least 4 members (excludes halogenated alkanes) is 1. The molecule has 156 valence electrons. The van der Waals surface area contributed by atoms with Crippen molar-refractivity contribution in [3.63, 3.8) is 0 Å². The Morgan fingerprint density at radius 3 is 1.83 bits per heavy atom. The van der Waals surface area contributed by atoms with E-state index < -0.39 is 0 Å². The summed E-state index contributed by atoms with van der Waals surface area (Å²) in [5, 5.41) is 6.35. The molecule has 0 fully saturated rings. The lowest BCUT2D eigenvalue weighted by Gasteiger charge is -2.19. The second-order valence-electron chi connectivity index (χ2n) is 8.72. The van der Waals surface area contributed by atoms with Gasteiger partial charge in [-0.3, -0.25) is 4.79 Å². The summed E-state index contributed by atoms with van der Waals surface area (Å²) < 4.78 is 0. The average Bonchev–Trinajstić information content (AvgIpc) is 2.75. The van der Waals surface area contributed by atoms with E-state index in [0.717, 1.165) is 35.5 Å². The van der Waals surface area contributed by atoms with Gasteiger partial charge in [0.15, 0.2) is 0 Å². The van der Waals surface area contributed by atoms with Crippen LogP contribution in [0, 0.1) is 0 Å². The highest BCUT2D eigenvalue weighted by atomic mass is 16.1. The summed E-state index contributed by atoms with van der Waals surface area (Å²) in [4.78, 5) is 12.6. The van der Waals surface area contributed by atoms with Crippen LogP contribution in [0.2, 0.25) is 0 Å². The molecule has 0 aliphatic rings. The summed E-state index contributed by atoms with van der Waals surface area (Å²) in [7, 11) is 0. The molecule has 0 spiro atoms. The highest BCUT2D eigenvalue weighted by molar-refractivity contribution is 6.04. The van der Waals surface area contributed by atoms with Crippen LogP contribution in [0.5, 0.6) is 0 Å². The van der Waals surface area contributed by atoms with Crippen LogP contribution in [-0.4, -0.2) is 12.5 Å². The molecule has 0 unspecified atom stereocenters. The Hall–Kier alpha value is -3.07. The third kappa shape index (κ3) is 5.73. The van der Waals surface area contributed by atoms with Crippen LogP contribution in [0.25, 0.3) is 11.1 Å². The maximum Gasteiger partial charge on any atom is 0.255 e. The quantitative estimate of drug-likeness (QED) is 0.415. The van der Waals surface area contributed by atoms with E-state index in [0.29, 0.717) is 5.56 Å².